The Labute approximate surface area is 127 Å². The van der Waals surface area contributed by atoms with Crippen molar-refractivity contribution in [3.63, 3.8) is 0 Å². The molecular formula is C13H17ClF2N2OS. The molecule has 2 N–H and O–H groups in total. The maximum absolute atomic E-state index is 13.3. The van der Waals surface area contributed by atoms with E-state index in [0.717, 1.165) is 36.4 Å². The minimum atomic E-state index is -0.472. The van der Waals surface area contributed by atoms with Gasteiger partial charge in [0.2, 0.25) is 5.91 Å². The first-order valence-electron chi connectivity index (χ1n) is 6.17. The highest BCUT2D eigenvalue weighted by molar-refractivity contribution is 7.99. The zero-order chi connectivity index (χ0) is 13.8. The molecule has 1 atom stereocenters. The number of nitrogens with zero attached hydrogens (tertiary/aromatic N) is 1. The Morgan fingerprint density at radius 3 is 2.85 bits per heavy atom. The van der Waals surface area contributed by atoms with E-state index in [2.05, 4.69) is 0 Å². The van der Waals surface area contributed by atoms with E-state index in [4.69, 9.17) is 5.73 Å². The van der Waals surface area contributed by atoms with Gasteiger partial charge in [-0.05, 0) is 24.6 Å². The zero-order valence-corrected chi connectivity index (χ0v) is 12.5. The summed E-state index contributed by atoms with van der Waals surface area (Å²) in [6.45, 7) is 1.29. The number of benzene rings is 1. The van der Waals surface area contributed by atoms with Crippen molar-refractivity contribution in [1.82, 2.24) is 4.90 Å². The smallest absolute Gasteiger partial charge is 0.223 e. The number of amides is 1. The molecule has 0 aromatic heterocycles. The summed E-state index contributed by atoms with van der Waals surface area (Å²) < 4.78 is 26.3. The molecule has 1 amide bonds. The largest absolute Gasteiger partial charge is 0.341 e. The van der Waals surface area contributed by atoms with Gasteiger partial charge >= 0.3 is 0 Å². The van der Waals surface area contributed by atoms with Crippen LogP contribution in [-0.4, -0.2) is 35.7 Å². The van der Waals surface area contributed by atoms with Gasteiger partial charge in [-0.25, -0.2) is 8.78 Å². The number of carbonyl (C=O) groups is 1. The van der Waals surface area contributed by atoms with Crippen LogP contribution in [-0.2, 0) is 4.79 Å². The fourth-order valence-corrected chi connectivity index (χ4v) is 2.91. The van der Waals surface area contributed by atoms with E-state index in [1.807, 2.05) is 0 Å². The molecule has 0 bridgehead atoms. The average molecular weight is 323 g/mol. The minimum absolute atomic E-state index is 0. The third-order valence-corrected chi connectivity index (χ3v) is 4.08. The van der Waals surface area contributed by atoms with Crippen molar-refractivity contribution >= 4 is 30.1 Å². The third kappa shape index (κ3) is 4.61. The molecule has 1 fully saturated rings. The first-order chi connectivity index (χ1) is 9.06. The summed E-state index contributed by atoms with van der Waals surface area (Å²) >= 11 is 1.16. The van der Waals surface area contributed by atoms with E-state index >= 15 is 0 Å². The second-order valence-corrected chi connectivity index (χ2v) is 5.70. The Balaban J connectivity index is 0.00000200. The Morgan fingerprint density at radius 1 is 1.45 bits per heavy atom. The van der Waals surface area contributed by atoms with E-state index in [1.54, 1.807) is 4.90 Å². The normalized spacial score (nSPS) is 17.9. The van der Waals surface area contributed by atoms with Gasteiger partial charge in [-0.1, -0.05) is 0 Å². The summed E-state index contributed by atoms with van der Waals surface area (Å²) in [6.07, 6.45) is 1.14. The molecular weight excluding hydrogens is 306 g/mol. The number of likely N-dealkylation sites (tertiary alicyclic amines) is 1. The summed E-state index contributed by atoms with van der Waals surface area (Å²) in [6, 6.07) is 3.39. The van der Waals surface area contributed by atoms with Crippen LogP contribution in [0, 0.1) is 11.6 Å². The van der Waals surface area contributed by atoms with E-state index in [0.29, 0.717) is 25.3 Å². The fraction of sp³-hybridized carbons (Fsp3) is 0.462. The van der Waals surface area contributed by atoms with E-state index in [1.165, 1.54) is 0 Å². The standard InChI is InChI=1S/C13H16F2N2OS.ClH/c14-9-1-2-11(15)12(7-9)19-6-4-13(18)17-5-3-10(16)8-17;/h1-2,7,10H,3-6,8,16H2;1H/t10-;/m0./s1. The van der Waals surface area contributed by atoms with Gasteiger partial charge in [0, 0.05) is 36.2 Å². The van der Waals surface area contributed by atoms with Crippen molar-refractivity contribution in [2.75, 3.05) is 18.8 Å². The predicted molar refractivity (Wildman–Crippen MR) is 78.1 cm³/mol. The van der Waals surface area contributed by atoms with Gasteiger partial charge in [0.15, 0.2) is 0 Å². The molecule has 112 valence electrons. The van der Waals surface area contributed by atoms with Crippen LogP contribution >= 0.6 is 24.2 Å². The van der Waals surface area contributed by atoms with Crippen molar-refractivity contribution in [3.05, 3.63) is 29.8 Å². The van der Waals surface area contributed by atoms with Gasteiger partial charge in [0.25, 0.3) is 0 Å². The summed E-state index contributed by atoms with van der Waals surface area (Å²) in [5.74, 6) is -0.467. The molecule has 2 rings (SSSR count). The van der Waals surface area contributed by atoms with Crippen molar-refractivity contribution in [2.45, 2.75) is 23.8 Å². The lowest BCUT2D eigenvalue weighted by Crippen LogP contribution is -2.32. The highest BCUT2D eigenvalue weighted by atomic mass is 35.5. The molecule has 1 aliphatic rings. The highest BCUT2D eigenvalue weighted by Crippen LogP contribution is 2.23. The number of rotatable bonds is 4. The quantitative estimate of drug-likeness (QED) is 0.866. The lowest BCUT2D eigenvalue weighted by atomic mass is 10.3. The number of hydrogen-bond donors (Lipinski definition) is 1. The Kier molecular flexibility index (Phi) is 6.71. The Bertz CT molecular complexity index is 476. The monoisotopic (exact) mass is 322 g/mol. The van der Waals surface area contributed by atoms with Crippen LogP contribution in [0.5, 0.6) is 0 Å². The molecule has 1 heterocycles. The van der Waals surface area contributed by atoms with E-state index in [9.17, 15) is 13.6 Å². The second-order valence-electron chi connectivity index (χ2n) is 4.56. The molecule has 3 nitrogen and oxygen atoms in total. The minimum Gasteiger partial charge on any atom is -0.341 e. The van der Waals surface area contributed by atoms with Crippen LogP contribution in [0.4, 0.5) is 8.78 Å². The van der Waals surface area contributed by atoms with Crippen LogP contribution in [0.25, 0.3) is 0 Å². The molecule has 1 aromatic carbocycles. The third-order valence-electron chi connectivity index (χ3n) is 3.04. The summed E-state index contributed by atoms with van der Waals surface area (Å²) in [5, 5.41) is 0. The number of carbonyl (C=O) groups excluding carboxylic acids is 1. The van der Waals surface area contributed by atoms with Crippen molar-refractivity contribution in [2.24, 2.45) is 5.73 Å². The van der Waals surface area contributed by atoms with Crippen molar-refractivity contribution in [3.8, 4) is 0 Å². The topological polar surface area (TPSA) is 46.3 Å². The van der Waals surface area contributed by atoms with Crippen LogP contribution in [0.15, 0.2) is 23.1 Å². The zero-order valence-electron chi connectivity index (χ0n) is 10.9. The molecule has 20 heavy (non-hydrogen) atoms. The molecule has 0 spiro atoms. The molecule has 0 unspecified atom stereocenters. The van der Waals surface area contributed by atoms with Gasteiger partial charge in [0.1, 0.15) is 11.6 Å². The summed E-state index contributed by atoms with van der Waals surface area (Å²) in [4.78, 5) is 13.8. The summed E-state index contributed by atoms with van der Waals surface area (Å²) in [5.41, 5.74) is 5.73. The molecule has 0 radical (unpaired) electrons. The van der Waals surface area contributed by atoms with Crippen LogP contribution in [0.3, 0.4) is 0 Å². The molecule has 7 heteroatoms. The first-order valence-corrected chi connectivity index (χ1v) is 7.16. The average Bonchev–Trinajstić information content (AvgIpc) is 2.80. The van der Waals surface area contributed by atoms with Gasteiger partial charge in [-0.15, -0.1) is 24.2 Å². The number of hydrogen-bond acceptors (Lipinski definition) is 3. The lowest BCUT2D eigenvalue weighted by Gasteiger charge is -2.15. The van der Waals surface area contributed by atoms with E-state index < -0.39 is 11.6 Å². The number of nitrogens with two attached hydrogens (primary N) is 1. The molecule has 0 saturated carbocycles. The Morgan fingerprint density at radius 2 is 2.20 bits per heavy atom. The molecule has 1 aromatic rings. The second kappa shape index (κ2) is 7.81. The van der Waals surface area contributed by atoms with Gasteiger partial charge < -0.3 is 10.6 Å². The van der Waals surface area contributed by atoms with Crippen LogP contribution in [0.1, 0.15) is 12.8 Å². The maximum atomic E-state index is 13.3. The van der Waals surface area contributed by atoms with Gasteiger partial charge in [-0.3, -0.25) is 4.79 Å². The molecule has 0 aliphatic carbocycles. The first kappa shape index (κ1) is 17.2. The Hall–Kier alpha value is -0.850. The van der Waals surface area contributed by atoms with E-state index in [-0.39, 0.29) is 29.3 Å². The summed E-state index contributed by atoms with van der Waals surface area (Å²) in [7, 11) is 0. The van der Waals surface area contributed by atoms with Crippen molar-refractivity contribution < 1.29 is 13.6 Å². The fourth-order valence-electron chi connectivity index (χ4n) is 2.01. The van der Waals surface area contributed by atoms with Crippen LogP contribution in [0.2, 0.25) is 0 Å². The number of thioether (sulfide) groups is 1. The van der Waals surface area contributed by atoms with Gasteiger partial charge in [0.05, 0.1) is 0 Å². The van der Waals surface area contributed by atoms with Crippen LogP contribution < -0.4 is 5.73 Å². The predicted octanol–water partition coefficient (Wildman–Crippen LogP) is 2.43. The molecule has 1 saturated heterocycles. The lowest BCUT2D eigenvalue weighted by molar-refractivity contribution is -0.129. The SMILES string of the molecule is Cl.N[C@H]1CCN(C(=O)CCSc2cc(F)ccc2F)C1. The van der Waals surface area contributed by atoms with Crippen molar-refractivity contribution in [1.29, 1.82) is 0 Å². The van der Waals surface area contributed by atoms with Gasteiger partial charge in [-0.2, -0.15) is 0 Å². The number of halogens is 3. The highest BCUT2D eigenvalue weighted by Gasteiger charge is 2.23. The maximum Gasteiger partial charge on any atom is 0.223 e. The molecule has 1 aliphatic heterocycles.